The Bertz CT molecular complexity index is 1360. The van der Waals surface area contributed by atoms with Crippen molar-refractivity contribution in [3.63, 3.8) is 0 Å². The van der Waals surface area contributed by atoms with Crippen LogP contribution in [0.25, 0.3) is 17.0 Å². The van der Waals surface area contributed by atoms with Gasteiger partial charge in [0.05, 0.1) is 17.6 Å². The van der Waals surface area contributed by atoms with Gasteiger partial charge < -0.3 is 20.5 Å². The van der Waals surface area contributed by atoms with Crippen LogP contribution >= 0.6 is 0 Å². The van der Waals surface area contributed by atoms with Gasteiger partial charge in [-0.25, -0.2) is 4.98 Å². The van der Waals surface area contributed by atoms with E-state index >= 15 is 0 Å². The Morgan fingerprint density at radius 2 is 1.81 bits per heavy atom. The number of aryl methyl sites for hydroxylation is 1. The second-order valence-electron chi connectivity index (χ2n) is 8.73. The molecule has 1 aromatic carbocycles. The Kier molecular flexibility index (Phi) is 9.08. The summed E-state index contributed by atoms with van der Waals surface area (Å²) in [5.41, 5.74) is 9.66. The third-order valence-corrected chi connectivity index (χ3v) is 6.23. The van der Waals surface area contributed by atoms with Gasteiger partial charge in [-0.05, 0) is 51.9 Å². The molecular weight excluding hydrogens is 468 g/mol. The molecule has 3 rings (SSSR count). The van der Waals surface area contributed by atoms with Gasteiger partial charge in [-0.3, -0.25) is 19.4 Å². The first-order chi connectivity index (χ1) is 17.7. The minimum atomic E-state index is -0.686. The van der Waals surface area contributed by atoms with E-state index in [1.54, 1.807) is 37.2 Å². The highest BCUT2D eigenvalue weighted by Gasteiger charge is 2.21. The summed E-state index contributed by atoms with van der Waals surface area (Å²) < 4.78 is 1.38. The number of pyridine rings is 1. The van der Waals surface area contributed by atoms with Crippen LogP contribution in [0.1, 0.15) is 54.1 Å². The van der Waals surface area contributed by atoms with Crippen LogP contribution in [-0.4, -0.2) is 51.3 Å². The third-order valence-electron chi connectivity index (χ3n) is 6.23. The van der Waals surface area contributed by atoms with E-state index in [4.69, 9.17) is 5.73 Å². The predicted octanol–water partition coefficient (Wildman–Crippen LogP) is 2.95. The Morgan fingerprint density at radius 3 is 2.43 bits per heavy atom. The molecule has 1 unspecified atom stereocenters. The van der Waals surface area contributed by atoms with Crippen molar-refractivity contribution in [3.05, 3.63) is 87.7 Å². The molecule has 3 aromatic rings. The summed E-state index contributed by atoms with van der Waals surface area (Å²) in [6, 6.07) is 9.94. The maximum atomic E-state index is 13.1. The molecule has 0 fully saturated rings. The van der Waals surface area contributed by atoms with Gasteiger partial charge in [0.25, 0.3) is 5.56 Å². The molecule has 9 nitrogen and oxygen atoms in total. The molecule has 0 aliphatic heterocycles. The fourth-order valence-corrected chi connectivity index (χ4v) is 4.01. The van der Waals surface area contributed by atoms with Crippen molar-refractivity contribution >= 4 is 17.4 Å². The van der Waals surface area contributed by atoms with Gasteiger partial charge in [-0.1, -0.05) is 24.3 Å². The summed E-state index contributed by atoms with van der Waals surface area (Å²) in [6.45, 7) is 9.04. The number of hydrogen-bond acceptors (Lipinski definition) is 7. The van der Waals surface area contributed by atoms with Crippen molar-refractivity contribution in [1.29, 1.82) is 0 Å². The highest BCUT2D eigenvalue weighted by atomic mass is 16.2. The Balaban J connectivity index is 1.92. The second kappa shape index (κ2) is 12.2. The molecule has 0 saturated carbocycles. The minimum Gasteiger partial charge on any atom is -0.398 e. The van der Waals surface area contributed by atoms with E-state index in [0.717, 1.165) is 17.7 Å². The number of likely N-dealkylation sites (N-methyl/N-ethyl adjacent to an activating group) is 1. The van der Waals surface area contributed by atoms with Gasteiger partial charge in [0.15, 0.2) is 0 Å². The number of ketones is 1. The Morgan fingerprint density at radius 1 is 1.14 bits per heavy atom. The van der Waals surface area contributed by atoms with Crippen molar-refractivity contribution in [1.82, 2.24) is 24.8 Å². The van der Waals surface area contributed by atoms with Crippen molar-refractivity contribution < 1.29 is 9.59 Å². The average molecular weight is 503 g/mol. The summed E-state index contributed by atoms with van der Waals surface area (Å²) in [7, 11) is 1.87. The molecule has 1 amide bonds. The maximum absolute atomic E-state index is 13.1. The maximum Gasteiger partial charge on any atom is 0.251 e. The molecule has 2 heterocycles. The van der Waals surface area contributed by atoms with E-state index in [0.29, 0.717) is 35.7 Å². The smallest absolute Gasteiger partial charge is 0.251 e. The number of allylic oxidation sites excluding steroid dienone is 1. The number of benzene rings is 1. The minimum absolute atomic E-state index is 0.144. The molecule has 1 atom stereocenters. The standard InChI is InChI=1S/C28H34N6O3/c1-6-33(7-2)28(37)19(4)34-17-22(12-13-26(34)36)24-16-31-18(3)27(32-24)25(35)14-23(29)21-10-8-20(9-11-21)15-30-5/h8-14,16-17,19,30H,6-7,15,29H2,1-5H3. The highest BCUT2D eigenvalue weighted by Crippen LogP contribution is 2.20. The van der Waals surface area contributed by atoms with Crippen LogP contribution in [0.3, 0.4) is 0 Å². The zero-order valence-electron chi connectivity index (χ0n) is 22.0. The zero-order valence-corrected chi connectivity index (χ0v) is 22.0. The lowest BCUT2D eigenvalue weighted by Gasteiger charge is -2.24. The number of aromatic nitrogens is 3. The lowest BCUT2D eigenvalue weighted by Crippen LogP contribution is -2.38. The number of nitrogens with one attached hydrogen (secondary N) is 1. The lowest BCUT2D eigenvalue weighted by molar-refractivity contribution is -0.133. The van der Waals surface area contributed by atoms with E-state index < -0.39 is 6.04 Å². The summed E-state index contributed by atoms with van der Waals surface area (Å²) >= 11 is 0. The van der Waals surface area contributed by atoms with Crippen LogP contribution in [0.4, 0.5) is 0 Å². The van der Waals surface area contributed by atoms with Crippen molar-refractivity contribution in [2.45, 2.75) is 40.3 Å². The quantitative estimate of drug-likeness (QED) is 0.323. The summed E-state index contributed by atoms with van der Waals surface area (Å²) in [6.07, 6.45) is 4.47. The number of carbonyl (C=O) groups excluding carboxylic acids is 2. The fourth-order valence-electron chi connectivity index (χ4n) is 4.01. The molecular formula is C28H34N6O3. The molecule has 0 bridgehead atoms. The van der Waals surface area contributed by atoms with Crippen molar-refractivity contribution in [2.24, 2.45) is 5.73 Å². The first-order valence-electron chi connectivity index (χ1n) is 12.3. The third kappa shape index (κ3) is 6.37. The van der Waals surface area contributed by atoms with E-state index in [-0.39, 0.29) is 22.9 Å². The molecule has 194 valence electrons. The van der Waals surface area contributed by atoms with Gasteiger partial charge in [0, 0.05) is 49.2 Å². The van der Waals surface area contributed by atoms with Crippen LogP contribution in [0.5, 0.6) is 0 Å². The molecule has 0 radical (unpaired) electrons. The topological polar surface area (TPSA) is 123 Å². The number of carbonyl (C=O) groups is 2. The van der Waals surface area contributed by atoms with Crippen molar-refractivity contribution in [2.75, 3.05) is 20.1 Å². The van der Waals surface area contributed by atoms with Crippen LogP contribution in [0, 0.1) is 6.92 Å². The Labute approximate surface area is 217 Å². The van der Waals surface area contributed by atoms with E-state index in [1.165, 1.54) is 16.7 Å². The van der Waals surface area contributed by atoms with Crippen LogP contribution in [0.2, 0.25) is 0 Å². The summed E-state index contributed by atoms with van der Waals surface area (Å²) in [5, 5.41) is 3.09. The molecule has 0 spiro atoms. The molecule has 9 heteroatoms. The van der Waals surface area contributed by atoms with Gasteiger partial charge in [-0.15, -0.1) is 0 Å². The highest BCUT2D eigenvalue weighted by molar-refractivity contribution is 6.07. The molecule has 0 aliphatic rings. The molecule has 0 saturated heterocycles. The first kappa shape index (κ1) is 27.5. The van der Waals surface area contributed by atoms with E-state index in [9.17, 15) is 14.4 Å². The number of nitrogens with zero attached hydrogens (tertiary/aromatic N) is 4. The first-order valence-corrected chi connectivity index (χ1v) is 12.3. The zero-order chi connectivity index (χ0) is 27.1. The van der Waals surface area contributed by atoms with Gasteiger partial charge >= 0.3 is 0 Å². The SMILES string of the molecule is CCN(CC)C(=O)C(C)n1cc(-c2cnc(C)c(C(=O)C=C(N)c3ccc(CNC)cc3)n2)ccc1=O. The van der Waals surface area contributed by atoms with Crippen LogP contribution in [0.15, 0.2) is 59.7 Å². The van der Waals surface area contributed by atoms with Crippen LogP contribution < -0.4 is 16.6 Å². The summed E-state index contributed by atoms with van der Waals surface area (Å²) in [4.78, 5) is 49.1. The molecule has 37 heavy (non-hydrogen) atoms. The molecule has 0 aliphatic carbocycles. The molecule has 3 N–H and O–H groups in total. The largest absolute Gasteiger partial charge is 0.398 e. The van der Waals surface area contributed by atoms with E-state index in [1.807, 2.05) is 45.2 Å². The summed E-state index contributed by atoms with van der Waals surface area (Å²) in [5.74, 6) is -0.517. The van der Waals surface area contributed by atoms with Crippen molar-refractivity contribution in [3.8, 4) is 11.3 Å². The van der Waals surface area contributed by atoms with Gasteiger partial charge in [0.2, 0.25) is 11.7 Å². The number of amides is 1. The number of nitrogens with two attached hydrogens (primary N) is 1. The van der Waals surface area contributed by atoms with E-state index in [2.05, 4.69) is 15.3 Å². The second-order valence-corrected chi connectivity index (χ2v) is 8.73. The number of hydrogen-bond donors (Lipinski definition) is 2. The fraction of sp³-hybridized carbons (Fsp3) is 0.321. The van der Waals surface area contributed by atoms with Gasteiger partial charge in [0.1, 0.15) is 11.7 Å². The Hall–Kier alpha value is -4.11. The van der Waals surface area contributed by atoms with Gasteiger partial charge in [-0.2, -0.15) is 0 Å². The predicted molar refractivity (Wildman–Crippen MR) is 145 cm³/mol. The lowest BCUT2D eigenvalue weighted by atomic mass is 10.1. The monoisotopic (exact) mass is 502 g/mol. The average Bonchev–Trinajstić information content (AvgIpc) is 2.90. The number of rotatable bonds is 10. The van der Waals surface area contributed by atoms with Crippen LogP contribution in [-0.2, 0) is 11.3 Å². The molecule has 2 aromatic heterocycles. The normalized spacial score (nSPS) is 12.3.